The van der Waals surface area contributed by atoms with Crippen LogP contribution in [0.2, 0.25) is 0 Å². The zero-order chi connectivity index (χ0) is 11.7. The third kappa shape index (κ3) is 1.83. The number of hydrogen-bond acceptors (Lipinski definition) is 3. The molecule has 0 radical (unpaired) electrons. The van der Waals surface area contributed by atoms with Crippen molar-refractivity contribution in [3.8, 4) is 0 Å². The lowest BCUT2D eigenvalue weighted by Gasteiger charge is -2.36. The molecule has 1 saturated carbocycles. The van der Waals surface area contributed by atoms with Crippen LogP contribution in [-0.2, 0) is 0 Å². The number of carbonyl (C=O) groups is 1. The van der Waals surface area contributed by atoms with Gasteiger partial charge in [-0.05, 0) is 37.5 Å². The minimum absolute atomic E-state index is 0.184. The maximum absolute atomic E-state index is 11.0. The van der Waals surface area contributed by atoms with Crippen molar-refractivity contribution in [2.24, 2.45) is 0 Å². The fourth-order valence-corrected chi connectivity index (χ4v) is 1.93. The van der Waals surface area contributed by atoms with E-state index in [1.54, 1.807) is 12.1 Å². The Labute approximate surface area is 94.7 Å². The van der Waals surface area contributed by atoms with Crippen LogP contribution >= 0.6 is 0 Å². The summed E-state index contributed by atoms with van der Waals surface area (Å²) in [6, 6.07) is 5.73. The number of rotatable bonds is 3. The maximum Gasteiger partial charge on any atom is 0.337 e. The van der Waals surface area contributed by atoms with Crippen LogP contribution in [0.3, 0.4) is 0 Å². The molecule has 0 atom stereocenters. The molecule has 0 saturated heterocycles. The topological polar surface area (TPSA) is 66.6 Å². The van der Waals surface area contributed by atoms with E-state index in [0.29, 0.717) is 11.7 Å². The first kappa shape index (κ1) is 10.8. The fourth-order valence-electron chi connectivity index (χ4n) is 1.93. The van der Waals surface area contributed by atoms with Crippen LogP contribution in [0.15, 0.2) is 18.2 Å². The fraction of sp³-hybridized carbons (Fsp3) is 0.417. The molecule has 0 bridgehead atoms. The molecule has 0 unspecified atom stereocenters. The van der Waals surface area contributed by atoms with Crippen molar-refractivity contribution in [2.45, 2.75) is 25.3 Å². The highest BCUT2D eigenvalue weighted by atomic mass is 16.4. The van der Waals surface area contributed by atoms with E-state index in [1.807, 2.05) is 13.1 Å². The number of carboxylic acids is 1. The molecular weight excluding hydrogens is 204 g/mol. The molecule has 4 heteroatoms. The summed E-state index contributed by atoms with van der Waals surface area (Å²) in [6.45, 7) is 0. The van der Waals surface area contributed by atoms with Crippen LogP contribution in [0.4, 0.5) is 11.4 Å². The highest BCUT2D eigenvalue weighted by Gasteiger charge is 2.23. The van der Waals surface area contributed by atoms with Gasteiger partial charge in [0, 0.05) is 24.5 Å². The summed E-state index contributed by atoms with van der Waals surface area (Å²) in [5.41, 5.74) is 7.04. The van der Waals surface area contributed by atoms with Gasteiger partial charge in [-0.1, -0.05) is 0 Å². The summed E-state index contributed by atoms with van der Waals surface area (Å²) in [4.78, 5) is 13.1. The lowest BCUT2D eigenvalue weighted by molar-refractivity contribution is 0.0698. The lowest BCUT2D eigenvalue weighted by atomic mass is 9.91. The normalized spacial score (nSPS) is 15.6. The Kier molecular flexibility index (Phi) is 2.73. The van der Waals surface area contributed by atoms with Crippen molar-refractivity contribution >= 4 is 17.3 Å². The van der Waals surface area contributed by atoms with Crippen molar-refractivity contribution in [3.63, 3.8) is 0 Å². The summed E-state index contributed by atoms with van der Waals surface area (Å²) in [5, 5.41) is 8.98. The van der Waals surface area contributed by atoms with Gasteiger partial charge in [-0.2, -0.15) is 0 Å². The van der Waals surface area contributed by atoms with Gasteiger partial charge in [-0.25, -0.2) is 4.79 Å². The van der Waals surface area contributed by atoms with Gasteiger partial charge in [0.15, 0.2) is 0 Å². The first-order valence-electron chi connectivity index (χ1n) is 5.45. The quantitative estimate of drug-likeness (QED) is 0.764. The number of nitrogens with zero attached hydrogens (tertiary/aromatic N) is 1. The van der Waals surface area contributed by atoms with E-state index in [0.717, 1.165) is 5.69 Å². The van der Waals surface area contributed by atoms with E-state index in [1.165, 1.54) is 19.3 Å². The Morgan fingerprint density at radius 3 is 2.69 bits per heavy atom. The molecule has 0 spiro atoms. The molecule has 0 aliphatic heterocycles. The van der Waals surface area contributed by atoms with Crippen LogP contribution in [0.25, 0.3) is 0 Å². The molecule has 3 N–H and O–H groups in total. The third-order valence-electron chi connectivity index (χ3n) is 3.30. The van der Waals surface area contributed by atoms with Crippen molar-refractivity contribution in [2.75, 3.05) is 17.7 Å². The van der Waals surface area contributed by atoms with E-state index >= 15 is 0 Å². The van der Waals surface area contributed by atoms with Crippen LogP contribution < -0.4 is 10.6 Å². The molecular formula is C12H16N2O2. The SMILES string of the molecule is CN(c1ccc(N)c(C(=O)O)c1)C1CCC1. The van der Waals surface area contributed by atoms with E-state index in [2.05, 4.69) is 4.90 Å². The van der Waals surface area contributed by atoms with Crippen LogP contribution in [0, 0.1) is 0 Å². The van der Waals surface area contributed by atoms with Gasteiger partial charge in [-0.3, -0.25) is 0 Å². The third-order valence-corrected chi connectivity index (χ3v) is 3.30. The highest BCUT2D eigenvalue weighted by Crippen LogP contribution is 2.29. The van der Waals surface area contributed by atoms with E-state index in [4.69, 9.17) is 10.8 Å². The molecule has 1 aromatic rings. The average molecular weight is 220 g/mol. The summed E-state index contributed by atoms with van der Waals surface area (Å²) < 4.78 is 0. The molecule has 16 heavy (non-hydrogen) atoms. The monoisotopic (exact) mass is 220 g/mol. The maximum atomic E-state index is 11.0. The largest absolute Gasteiger partial charge is 0.478 e. The minimum Gasteiger partial charge on any atom is -0.478 e. The van der Waals surface area contributed by atoms with Gasteiger partial charge in [-0.15, -0.1) is 0 Å². The standard InChI is InChI=1S/C12H16N2O2/c1-14(8-3-2-4-8)9-5-6-11(13)10(7-9)12(15)16/h5-8H,2-4,13H2,1H3,(H,15,16). The number of benzene rings is 1. The van der Waals surface area contributed by atoms with Crippen molar-refractivity contribution in [1.82, 2.24) is 0 Å². The average Bonchev–Trinajstić information content (AvgIpc) is 2.15. The summed E-state index contributed by atoms with van der Waals surface area (Å²) in [5.74, 6) is -0.971. The molecule has 1 aliphatic rings. The van der Waals surface area contributed by atoms with Crippen molar-refractivity contribution < 1.29 is 9.90 Å². The first-order chi connectivity index (χ1) is 7.59. The van der Waals surface area contributed by atoms with Gasteiger partial charge in [0.05, 0.1) is 5.56 Å². The van der Waals surface area contributed by atoms with E-state index in [-0.39, 0.29) is 5.56 Å². The van der Waals surface area contributed by atoms with E-state index < -0.39 is 5.97 Å². The second-order valence-corrected chi connectivity index (χ2v) is 4.27. The van der Waals surface area contributed by atoms with Gasteiger partial charge in [0.2, 0.25) is 0 Å². The van der Waals surface area contributed by atoms with Gasteiger partial charge in [0.25, 0.3) is 0 Å². The van der Waals surface area contributed by atoms with Crippen LogP contribution in [0.5, 0.6) is 0 Å². The molecule has 1 fully saturated rings. The van der Waals surface area contributed by atoms with Crippen molar-refractivity contribution in [3.05, 3.63) is 23.8 Å². The Morgan fingerprint density at radius 1 is 1.50 bits per heavy atom. The second-order valence-electron chi connectivity index (χ2n) is 4.27. The predicted molar refractivity (Wildman–Crippen MR) is 63.9 cm³/mol. The van der Waals surface area contributed by atoms with Gasteiger partial charge < -0.3 is 15.7 Å². The minimum atomic E-state index is -0.971. The molecule has 1 aliphatic carbocycles. The number of anilines is 2. The lowest BCUT2D eigenvalue weighted by Crippen LogP contribution is -2.37. The molecule has 1 aromatic carbocycles. The molecule has 0 heterocycles. The van der Waals surface area contributed by atoms with Gasteiger partial charge >= 0.3 is 5.97 Å². The number of hydrogen-bond donors (Lipinski definition) is 2. The number of carboxylic acid groups (broad SMARTS) is 1. The molecule has 0 amide bonds. The first-order valence-corrected chi connectivity index (χ1v) is 5.45. The van der Waals surface area contributed by atoms with Crippen LogP contribution in [-0.4, -0.2) is 24.2 Å². The molecule has 86 valence electrons. The summed E-state index contributed by atoms with van der Waals surface area (Å²) in [6.07, 6.45) is 3.63. The van der Waals surface area contributed by atoms with Crippen LogP contribution in [0.1, 0.15) is 29.6 Å². The summed E-state index contributed by atoms with van der Waals surface area (Å²) in [7, 11) is 2.00. The Morgan fingerprint density at radius 2 is 2.19 bits per heavy atom. The number of nitrogens with two attached hydrogens (primary N) is 1. The zero-order valence-electron chi connectivity index (χ0n) is 9.31. The Balaban J connectivity index is 2.27. The predicted octanol–water partition coefficient (Wildman–Crippen LogP) is 1.96. The zero-order valence-corrected chi connectivity index (χ0v) is 9.31. The summed E-state index contributed by atoms with van der Waals surface area (Å²) >= 11 is 0. The smallest absolute Gasteiger partial charge is 0.337 e. The molecule has 4 nitrogen and oxygen atoms in total. The highest BCUT2D eigenvalue weighted by molar-refractivity contribution is 5.94. The Hall–Kier alpha value is -1.71. The van der Waals surface area contributed by atoms with Crippen molar-refractivity contribution in [1.29, 1.82) is 0 Å². The number of nitrogen functional groups attached to an aromatic ring is 1. The van der Waals surface area contributed by atoms with E-state index in [9.17, 15) is 4.79 Å². The molecule has 0 aromatic heterocycles. The number of aromatic carboxylic acids is 1. The molecule has 2 rings (SSSR count). The second kappa shape index (κ2) is 4.04. The Bertz CT molecular complexity index is 413. The van der Waals surface area contributed by atoms with Gasteiger partial charge in [0.1, 0.15) is 0 Å².